The van der Waals surface area contributed by atoms with Crippen molar-refractivity contribution in [3.8, 4) is 5.75 Å². The molecule has 198 valence electrons. The molecule has 0 aromatic heterocycles. The van der Waals surface area contributed by atoms with Gasteiger partial charge in [0.15, 0.2) is 0 Å². The Balaban J connectivity index is 1.24. The minimum absolute atomic E-state index is 0.0461. The van der Waals surface area contributed by atoms with Gasteiger partial charge in [0.2, 0.25) is 11.8 Å². The molecule has 2 fully saturated rings. The van der Waals surface area contributed by atoms with E-state index in [0.29, 0.717) is 29.7 Å². The smallest absolute Gasteiger partial charge is 0.247 e. The van der Waals surface area contributed by atoms with Crippen LogP contribution in [0.1, 0.15) is 30.4 Å². The third-order valence-corrected chi connectivity index (χ3v) is 7.54. The van der Waals surface area contributed by atoms with Gasteiger partial charge in [0, 0.05) is 34.9 Å². The third-order valence-electron chi connectivity index (χ3n) is 6.94. The number of nitrogens with one attached hydrogen (secondary N) is 1. The number of ether oxygens (including phenoxy) is 1. The van der Waals surface area contributed by atoms with E-state index in [9.17, 15) is 9.59 Å². The molecule has 2 amide bonds. The lowest BCUT2D eigenvalue weighted by molar-refractivity contribution is -0.136. The average molecular weight is 553 g/mol. The Kier molecular flexibility index (Phi) is 8.52. The van der Waals surface area contributed by atoms with Gasteiger partial charge in [-0.2, -0.15) is 0 Å². The average Bonchev–Trinajstić information content (AvgIpc) is 3.76. The maximum Gasteiger partial charge on any atom is 0.247 e. The van der Waals surface area contributed by atoms with Crippen LogP contribution in [0.5, 0.6) is 5.75 Å². The van der Waals surface area contributed by atoms with Crippen molar-refractivity contribution >= 4 is 40.7 Å². The number of aryl methyl sites for hydroxylation is 1. The fraction of sp³-hybridized carbons (Fsp3) is 0.333. The maximum absolute atomic E-state index is 13.8. The lowest BCUT2D eigenvalue weighted by atomic mass is 10.1. The quantitative estimate of drug-likeness (QED) is 0.338. The van der Waals surface area contributed by atoms with Crippen LogP contribution in [0.3, 0.4) is 0 Å². The number of hydrogen-bond acceptors (Lipinski definition) is 4. The summed E-state index contributed by atoms with van der Waals surface area (Å²) in [4.78, 5) is 30.4. The van der Waals surface area contributed by atoms with Gasteiger partial charge in [-0.1, -0.05) is 59.6 Å². The van der Waals surface area contributed by atoms with Crippen molar-refractivity contribution in [1.29, 1.82) is 0 Å². The highest BCUT2D eigenvalue weighted by molar-refractivity contribution is 6.31. The molecule has 3 aromatic rings. The van der Waals surface area contributed by atoms with Crippen LogP contribution in [-0.2, 0) is 22.6 Å². The molecule has 8 heteroatoms. The highest BCUT2D eigenvalue weighted by atomic mass is 35.5. The summed E-state index contributed by atoms with van der Waals surface area (Å²) in [5.41, 5.74) is 2.80. The van der Waals surface area contributed by atoms with Crippen molar-refractivity contribution in [2.24, 2.45) is 0 Å². The highest BCUT2D eigenvalue weighted by Gasteiger charge is 2.41. The molecule has 1 aliphatic carbocycles. The zero-order valence-electron chi connectivity index (χ0n) is 21.1. The summed E-state index contributed by atoms with van der Waals surface area (Å²) in [6.45, 7) is 1.65. The van der Waals surface area contributed by atoms with Gasteiger partial charge >= 0.3 is 0 Å². The molecular formula is C30H31Cl2N3O3. The van der Waals surface area contributed by atoms with Crippen LogP contribution < -0.4 is 15.0 Å². The van der Waals surface area contributed by atoms with E-state index in [1.165, 1.54) is 0 Å². The molecule has 0 unspecified atom stereocenters. The molecule has 0 bridgehead atoms. The second-order valence-corrected chi connectivity index (χ2v) is 10.6. The minimum Gasteiger partial charge on any atom is -0.494 e. The van der Waals surface area contributed by atoms with Crippen molar-refractivity contribution < 1.29 is 14.3 Å². The first kappa shape index (κ1) is 26.5. The van der Waals surface area contributed by atoms with Gasteiger partial charge in [-0.05, 0) is 73.2 Å². The standard InChI is InChI=1S/C30H31Cl2N3O3/c31-23-7-3-8-26(17-23)38-16-4-5-21-10-12-25(13-11-21)35-28(18-33-19-29(35)36)30(37)34(24-14-15-24)20-22-6-1-2-9-27(22)32/h1-3,6-13,17,24,28,33H,4-5,14-16,18-20H2/t28-/m1/s1. The number of nitrogens with zero attached hydrogens (tertiary/aromatic N) is 2. The Bertz CT molecular complexity index is 1280. The Morgan fingerprint density at radius 2 is 1.82 bits per heavy atom. The van der Waals surface area contributed by atoms with E-state index >= 15 is 0 Å². The van der Waals surface area contributed by atoms with Gasteiger partial charge in [0.25, 0.3) is 0 Å². The third kappa shape index (κ3) is 6.49. The molecule has 1 aliphatic heterocycles. The molecule has 5 rings (SSSR count). The van der Waals surface area contributed by atoms with Crippen LogP contribution in [-0.4, -0.2) is 48.5 Å². The summed E-state index contributed by atoms with van der Waals surface area (Å²) >= 11 is 12.4. The number of amides is 2. The predicted molar refractivity (Wildman–Crippen MR) is 151 cm³/mol. The lowest BCUT2D eigenvalue weighted by Gasteiger charge is -2.38. The van der Waals surface area contributed by atoms with Crippen molar-refractivity contribution in [3.63, 3.8) is 0 Å². The molecule has 1 atom stereocenters. The first-order chi connectivity index (χ1) is 18.5. The monoisotopic (exact) mass is 551 g/mol. The van der Waals surface area contributed by atoms with E-state index in [2.05, 4.69) is 5.32 Å². The van der Waals surface area contributed by atoms with Crippen molar-refractivity contribution in [2.45, 2.75) is 44.3 Å². The van der Waals surface area contributed by atoms with Crippen LogP contribution in [0.4, 0.5) is 5.69 Å². The SMILES string of the molecule is O=C([C@H]1CNCC(=O)N1c1ccc(CCCOc2cccc(Cl)c2)cc1)N(Cc1ccccc1Cl)C1CC1. The van der Waals surface area contributed by atoms with Crippen LogP contribution in [0.2, 0.25) is 10.0 Å². The number of hydrogen-bond donors (Lipinski definition) is 1. The van der Waals surface area contributed by atoms with Crippen LogP contribution in [0.25, 0.3) is 0 Å². The Labute approximate surface area is 233 Å². The van der Waals surface area contributed by atoms with Crippen molar-refractivity contribution in [1.82, 2.24) is 10.2 Å². The highest BCUT2D eigenvalue weighted by Crippen LogP contribution is 2.32. The van der Waals surface area contributed by atoms with Gasteiger partial charge in [0.1, 0.15) is 11.8 Å². The Hall–Kier alpha value is -3.06. The van der Waals surface area contributed by atoms with Gasteiger partial charge < -0.3 is 15.0 Å². The topological polar surface area (TPSA) is 61.9 Å². The maximum atomic E-state index is 13.8. The molecule has 3 aromatic carbocycles. The number of halogens is 2. The number of rotatable bonds is 10. The second-order valence-electron chi connectivity index (χ2n) is 9.77. The van der Waals surface area contributed by atoms with Gasteiger partial charge in [-0.15, -0.1) is 0 Å². The zero-order chi connectivity index (χ0) is 26.5. The molecule has 1 saturated carbocycles. The van der Waals surface area contributed by atoms with Gasteiger partial charge in [0.05, 0.1) is 13.2 Å². The van der Waals surface area contributed by atoms with Crippen LogP contribution in [0.15, 0.2) is 72.8 Å². The summed E-state index contributed by atoms with van der Waals surface area (Å²) < 4.78 is 5.78. The van der Waals surface area contributed by atoms with E-state index in [1.54, 1.807) is 11.0 Å². The summed E-state index contributed by atoms with van der Waals surface area (Å²) in [6, 6.07) is 22.5. The molecule has 1 N–H and O–H groups in total. The molecule has 38 heavy (non-hydrogen) atoms. The zero-order valence-corrected chi connectivity index (χ0v) is 22.6. The number of piperazine rings is 1. The fourth-order valence-corrected chi connectivity index (χ4v) is 5.18. The summed E-state index contributed by atoms with van der Waals surface area (Å²) in [5, 5.41) is 4.43. The molecule has 2 aliphatic rings. The van der Waals surface area contributed by atoms with E-state index in [1.807, 2.05) is 71.6 Å². The summed E-state index contributed by atoms with van der Waals surface area (Å²) in [6.07, 6.45) is 3.63. The molecule has 6 nitrogen and oxygen atoms in total. The number of benzene rings is 3. The number of carbonyl (C=O) groups is 2. The number of carbonyl (C=O) groups excluding carboxylic acids is 2. The molecular weight excluding hydrogens is 521 g/mol. The van der Waals surface area contributed by atoms with Crippen LogP contribution >= 0.6 is 23.2 Å². The van der Waals surface area contributed by atoms with E-state index in [-0.39, 0.29) is 24.4 Å². The van der Waals surface area contributed by atoms with Crippen LogP contribution in [0, 0.1) is 0 Å². The van der Waals surface area contributed by atoms with E-state index in [4.69, 9.17) is 27.9 Å². The van der Waals surface area contributed by atoms with Gasteiger partial charge in [-0.3, -0.25) is 14.5 Å². The fourth-order valence-electron chi connectivity index (χ4n) is 4.81. The Morgan fingerprint density at radius 3 is 2.55 bits per heavy atom. The Morgan fingerprint density at radius 1 is 1.03 bits per heavy atom. The van der Waals surface area contributed by atoms with E-state index in [0.717, 1.165) is 48.2 Å². The predicted octanol–water partition coefficient (Wildman–Crippen LogP) is 5.50. The van der Waals surface area contributed by atoms with E-state index < -0.39 is 6.04 Å². The number of anilines is 1. The van der Waals surface area contributed by atoms with Crippen molar-refractivity contribution in [2.75, 3.05) is 24.6 Å². The first-order valence-corrected chi connectivity index (χ1v) is 13.8. The summed E-state index contributed by atoms with van der Waals surface area (Å²) in [7, 11) is 0. The molecule has 1 saturated heterocycles. The normalized spacial score (nSPS) is 17.4. The largest absolute Gasteiger partial charge is 0.494 e. The minimum atomic E-state index is -0.601. The first-order valence-electron chi connectivity index (χ1n) is 13.0. The molecule has 0 radical (unpaired) electrons. The van der Waals surface area contributed by atoms with Gasteiger partial charge in [-0.25, -0.2) is 0 Å². The lowest BCUT2D eigenvalue weighted by Crippen LogP contribution is -2.61. The van der Waals surface area contributed by atoms with Crippen molar-refractivity contribution in [3.05, 3.63) is 94.0 Å². The summed E-state index contributed by atoms with van der Waals surface area (Å²) in [5.74, 6) is 0.608. The second kappa shape index (κ2) is 12.2. The molecule has 0 spiro atoms. The molecule has 1 heterocycles.